The van der Waals surface area contributed by atoms with E-state index in [4.69, 9.17) is 0 Å². The van der Waals surface area contributed by atoms with Gasteiger partial charge in [0.15, 0.2) is 0 Å². The van der Waals surface area contributed by atoms with Crippen LogP contribution < -0.4 is 0 Å². The van der Waals surface area contributed by atoms with Gasteiger partial charge in [-0.3, -0.25) is 0 Å². The van der Waals surface area contributed by atoms with Crippen molar-refractivity contribution in [2.24, 2.45) is 0 Å². The Labute approximate surface area is 63.2 Å². The zero-order chi connectivity index (χ0) is 7.52. The fraction of sp³-hybridized carbons (Fsp3) is 0. The molecule has 2 aromatic heterocycles. The molecule has 11 heavy (non-hydrogen) atoms. The van der Waals surface area contributed by atoms with E-state index in [9.17, 15) is 0 Å². The largest absolute Gasteiger partial charge is 0.472 e. The van der Waals surface area contributed by atoms with Crippen molar-refractivity contribution >= 4 is 7.55 Å². The maximum Gasteiger partial charge on any atom is 0.133 e. The summed E-state index contributed by atoms with van der Waals surface area (Å²) in [5, 5.41) is 7.70. The second-order valence-corrected chi connectivity index (χ2v) is 1.87. The van der Waals surface area contributed by atoms with Crippen molar-refractivity contribution in [3.63, 3.8) is 0 Å². The van der Waals surface area contributed by atoms with Gasteiger partial charge in [-0.2, -0.15) is 0 Å². The third-order valence-electron chi connectivity index (χ3n) is 1.11. The van der Waals surface area contributed by atoms with Crippen LogP contribution in [0.1, 0.15) is 0 Å². The third-order valence-corrected chi connectivity index (χ3v) is 1.11. The molecule has 0 aliphatic heterocycles. The van der Waals surface area contributed by atoms with Gasteiger partial charge in [0.2, 0.25) is 0 Å². The molecule has 0 saturated carbocycles. The Hall–Kier alpha value is -1.66. The molecule has 0 aromatic carbocycles. The summed E-state index contributed by atoms with van der Waals surface area (Å²) in [6, 6.07) is 0. The lowest BCUT2D eigenvalue weighted by molar-refractivity contribution is 0.882. The van der Waals surface area contributed by atoms with Gasteiger partial charge in [-0.05, 0) is 7.55 Å². The van der Waals surface area contributed by atoms with Crippen LogP contribution in [-0.2, 0) is 0 Å². The summed E-state index contributed by atoms with van der Waals surface area (Å²) >= 11 is 0. The van der Waals surface area contributed by atoms with Gasteiger partial charge < -0.3 is 9.19 Å². The average molecular weight is 147 g/mol. The zero-order valence-electron chi connectivity index (χ0n) is 5.57. The molecule has 0 amide bonds. The van der Waals surface area contributed by atoms with E-state index >= 15 is 0 Å². The first-order valence-electron chi connectivity index (χ1n) is 2.98. The Bertz CT molecular complexity index is 267. The van der Waals surface area contributed by atoms with Crippen molar-refractivity contribution in [2.75, 3.05) is 0 Å². The Morgan fingerprint density at radius 2 is 1.45 bits per heavy atom. The number of rotatable bonds is 2. The van der Waals surface area contributed by atoms with E-state index in [2.05, 4.69) is 20.2 Å². The second kappa shape index (κ2) is 2.53. The highest BCUT2D eigenvalue weighted by molar-refractivity contribution is 6.30. The fourth-order valence-electron chi connectivity index (χ4n) is 0.675. The standard InChI is InChI=1S/C4H4BN6/c1-6-3-10(8-1)5-11-4-7-2-9-11/h1-4H/q-1. The lowest BCUT2D eigenvalue weighted by Crippen LogP contribution is -2.17. The van der Waals surface area contributed by atoms with E-state index in [1.807, 2.05) is 0 Å². The molecule has 0 spiro atoms. The van der Waals surface area contributed by atoms with Gasteiger partial charge in [-0.15, -0.1) is 0 Å². The first-order valence-corrected chi connectivity index (χ1v) is 2.98. The summed E-state index contributed by atoms with van der Waals surface area (Å²) in [7, 11) is 1.65. The molecule has 2 aromatic rings. The first kappa shape index (κ1) is 6.08. The van der Waals surface area contributed by atoms with Gasteiger partial charge in [-0.25, -0.2) is 20.2 Å². The molecule has 0 saturated heterocycles. The van der Waals surface area contributed by atoms with Crippen molar-refractivity contribution in [3.05, 3.63) is 25.3 Å². The van der Waals surface area contributed by atoms with Crippen LogP contribution in [0.25, 0.3) is 0 Å². The lowest BCUT2D eigenvalue weighted by atomic mass is 10.2. The van der Waals surface area contributed by atoms with Crippen molar-refractivity contribution < 1.29 is 0 Å². The molecule has 7 heteroatoms. The topological polar surface area (TPSA) is 61.4 Å². The highest BCUT2D eigenvalue weighted by atomic mass is 15.4. The Balaban J connectivity index is 2.14. The molecule has 0 unspecified atom stereocenters. The normalized spacial score (nSPS) is 10.2. The summed E-state index contributed by atoms with van der Waals surface area (Å²) in [5.74, 6) is 0. The Morgan fingerprint density at radius 3 is 1.82 bits per heavy atom. The second-order valence-electron chi connectivity index (χ2n) is 1.87. The molecule has 2 heterocycles. The molecule has 0 bridgehead atoms. The lowest BCUT2D eigenvalue weighted by Gasteiger charge is -2.14. The van der Waals surface area contributed by atoms with Crippen LogP contribution in [0.15, 0.2) is 25.3 Å². The summed E-state index contributed by atoms with van der Waals surface area (Å²) < 4.78 is 3.07. The van der Waals surface area contributed by atoms with Crippen LogP contribution in [0, 0.1) is 0 Å². The van der Waals surface area contributed by atoms with Gasteiger partial charge >= 0.3 is 0 Å². The quantitative estimate of drug-likeness (QED) is 0.500. The number of hydrogen-bond acceptors (Lipinski definition) is 4. The van der Waals surface area contributed by atoms with Crippen molar-refractivity contribution in [2.45, 2.75) is 0 Å². The molecule has 54 valence electrons. The third kappa shape index (κ3) is 1.26. The summed E-state index contributed by atoms with van der Waals surface area (Å²) in [5.41, 5.74) is 0. The minimum absolute atomic E-state index is 1.45. The maximum atomic E-state index is 3.85. The van der Waals surface area contributed by atoms with Gasteiger partial charge in [-0.1, -0.05) is 0 Å². The van der Waals surface area contributed by atoms with Gasteiger partial charge in [0.1, 0.15) is 12.7 Å². The molecule has 0 aliphatic carbocycles. The predicted molar refractivity (Wildman–Crippen MR) is 36.6 cm³/mol. The predicted octanol–water partition coefficient (Wildman–Crippen LogP) is -1.20. The molecule has 2 rings (SSSR count). The smallest absolute Gasteiger partial charge is 0.133 e. The van der Waals surface area contributed by atoms with E-state index in [1.54, 1.807) is 20.2 Å². The maximum absolute atomic E-state index is 3.85. The van der Waals surface area contributed by atoms with Crippen LogP contribution in [0.4, 0.5) is 0 Å². The van der Waals surface area contributed by atoms with Crippen molar-refractivity contribution in [3.8, 4) is 0 Å². The monoisotopic (exact) mass is 147 g/mol. The van der Waals surface area contributed by atoms with Gasteiger partial charge in [0, 0.05) is 0 Å². The van der Waals surface area contributed by atoms with Crippen LogP contribution in [0.2, 0.25) is 0 Å². The fourth-order valence-corrected chi connectivity index (χ4v) is 0.675. The Morgan fingerprint density at radius 1 is 0.909 bits per heavy atom. The van der Waals surface area contributed by atoms with Crippen molar-refractivity contribution in [1.82, 2.24) is 29.4 Å². The molecule has 0 aliphatic rings. The van der Waals surface area contributed by atoms with Crippen LogP contribution in [-0.4, -0.2) is 36.9 Å². The van der Waals surface area contributed by atoms with E-state index in [0.29, 0.717) is 0 Å². The van der Waals surface area contributed by atoms with Gasteiger partial charge in [0.25, 0.3) is 0 Å². The van der Waals surface area contributed by atoms with E-state index in [-0.39, 0.29) is 0 Å². The van der Waals surface area contributed by atoms with Crippen LogP contribution in [0.3, 0.4) is 0 Å². The van der Waals surface area contributed by atoms with Gasteiger partial charge in [0.05, 0.1) is 12.7 Å². The molecule has 0 fully saturated rings. The SMILES string of the molecule is [B-](n1cncn1)n1cncn1. The number of aromatic nitrogens is 6. The summed E-state index contributed by atoms with van der Waals surface area (Å²) in [4.78, 5) is 7.52. The highest BCUT2D eigenvalue weighted by Gasteiger charge is 1.79. The molecule has 0 atom stereocenters. The minimum atomic E-state index is 1.45. The van der Waals surface area contributed by atoms with Crippen LogP contribution >= 0.6 is 0 Å². The van der Waals surface area contributed by atoms with Crippen LogP contribution in [0.5, 0.6) is 0 Å². The van der Waals surface area contributed by atoms with E-state index in [0.717, 1.165) is 0 Å². The molecular weight excluding hydrogens is 143 g/mol. The Kier molecular flexibility index (Phi) is 1.40. The minimum Gasteiger partial charge on any atom is -0.472 e. The number of nitrogens with zero attached hydrogens (tertiary/aromatic N) is 6. The average Bonchev–Trinajstić information content (AvgIpc) is 2.60. The molecule has 0 N–H and O–H groups in total. The highest BCUT2D eigenvalue weighted by Crippen LogP contribution is 1.77. The zero-order valence-corrected chi connectivity index (χ0v) is 5.57. The first-order chi connectivity index (χ1) is 5.45. The summed E-state index contributed by atoms with van der Waals surface area (Å²) in [6.07, 6.45) is 6.05. The molecular formula is C4H4BN6-. The molecule has 6 nitrogen and oxygen atoms in total. The molecule has 2 radical (unpaired) electrons. The number of hydrogen-bond donors (Lipinski definition) is 0. The van der Waals surface area contributed by atoms with Crippen molar-refractivity contribution in [1.29, 1.82) is 0 Å². The van der Waals surface area contributed by atoms with E-state index in [1.165, 1.54) is 21.8 Å². The summed E-state index contributed by atoms with van der Waals surface area (Å²) in [6.45, 7) is 0. The van der Waals surface area contributed by atoms with E-state index < -0.39 is 0 Å².